The molecule has 0 atom stereocenters. The van der Waals surface area contributed by atoms with Crippen molar-refractivity contribution in [3.63, 3.8) is 0 Å². The standard InChI is InChI=1S/C42H24N4OS/c1-2-12-25(13-3-1)40-44-41(46-42(45-40)32-20-11-23-35-36(32)31-19-7-9-22-34(31)48-35)27-15-10-14-26(24-27)37-28-16-4-5-17-29(28)39-38(43-37)30-18-6-8-21-33(30)47-39/h1-24H. The summed E-state index contributed by atoms with van der Waals surface area (Å²) in [7, 11) is 0. The zero-order valence-electron chi connectivity index (χ0n) is 25.5. The molecule has 0 bridgehead atoms. The van der Waals surface area contributed by atoms with Gasteiger partial charge in [0.2, 0.25) is 0 Å². The summed E-state index contributed by atoms with van der Waals surface area (Å²) < 4.78 is 8.77. The molecule has 0 saturated heterocycles. The van der Waals surface area contributed by atoms with Crippen molar-refractivity contribution in [1.82, 2.24) is 19.9 Å². The summed E-state index contributed by atoms with van der Waals surface area (Å²) >= 11 is 1.79. The summed E-state index contributed by atoms with van der Waals surface area (Å²) in [5.41, 5.74) is 7.17. The molecule has 224 valence electrons. The maximum Gasteiger partial charge on any atom is 0.164 e. The maximum absolute atomic E-state index is 6.32. The molecule has 0 fully saturated rings. The summed E-state index contributed by atoms with van der Waals surface area (Å²) in [6, 6.07) is 49.8. The molecule has 6 heteroatoms. The van der Waals surface area contributed by atoms with Crippen molar-refractivity contribution in [2.45, 2.75) is 0 Å². The van der Waals surface area contributed by atoms with E-state index in [-0.39, 0.29) is 0 Å². The fourth-order valence-corrected chi connectivity index (χ4v) is 7.85. The summed E-state index contributed by atoms with van der Waals surface area (Å²) in [6.07, 6.45) is 0. The number of nitrogens with zero attached hydrogens (tertiary/aromatic N) is 4. The molecule has 0 amide bonds. The number of benzene rings is 6. The van der Waals surface area contributed by atoms with Crippen LogP contribution in [0, 0.1) is 0 Å². The molecule has 10 rings (SSSR count). The lowest BCUT2D eigenvalue weighted by atomic mass is 10.0. The number of aromatic nitrogens is 4. The number of para-hydroxylation sites is 1. The van der Waals surface area contributed by atoms with Crippen LogP contribution in [0.2, 0.25) is 0 Å². The van der Waals surface area contributed by atoms with Gasteiger partial charge in [0, 0.05) is 58.6 Å². The number of hydrogen-bond acceptors (Lipinski definition) is 6. The first kappa shape index (κ1) is 26.9. The molecular formula is C42H24N4OS. The van der Waals surface area contributed by atoms with Crippen LogP contribution in [0.3, 0.4) is 0 Å². The Hall–Kier alpha value is -6.24. The lowest BCUT2D eigenvalue weighted by Gasteiger charge is -2.11. The van der Waals surface area contributed by atoms with Crippen LogP contribution >= 0.6 is 11.3 Å². The van der Waals surface area contributed by atoms with Gasteiger partial charge in [-0.1, -0.05) is 115 Å². The van der Waals surface area contributed by atoms with E-state index in [0.717, 1.165) is 60.8 Å². The molecule has 0 N–H and O–H groups in total. The minimum Gasteiger partial charge on any atom is -0.454 e. The van der Waals surface area contributed by atoms with Crippen molar-refractivity contribution < 1.29 is 4.42 Å². The van der Waals surface area contributed by atoms with E-state index in [2.05, 4.69) is 84.9 Å². The highest BCUT2D eigenvalue weighted by atomic mass is 32.1. The fraction of sp³-hybridized carbons (Fsp3) is 0. The second-order valence-electron chi connectivity index (χ2n) is 11.8. The smallest absolute Gasteiger partial charge is 0.164 e. The molecule has 0 saturated carbocycles. The molecule has 0 aliphatic carbocycles. The molecule has 0 radical (unpaired) electrons. The van der Waals surface area contributed by atoms with Crippen molar-refractivity contribution in [3.05, 3.63) is 146 Å². The third-order valence-corrected chi connectivity index (χ3v) is 10.1. The first-order valence-corrected chi connectivity index (χ1v) is 16.6. The van der Waals surface area contributed by atoms with Gasteiger partial charge in [-0.05, 0) is 30.3 Å². The Morgan fingerprint density at radius 3 is 1.94 bits per heavy atom. The van der Waals surface area contributed by atoms with Crippen LogP contribution < -0.4 is 0 Å². The van der Waals surface area contributed by atoms with Crippen molar-refractivity contribution in [1.29, 1.82) is 0 Å². The Bertz CT molecular complexity index is 2860. The van der Waals surface area contributed by atoms with Gasteiger partial charge in [0.25, 0.3) is 0 Å². The van der Waals surface area contributed by atoms with Gasteiger partial charge in [-0.3, -0.25) is 0 Å². The molecule has 0 spiro atoms. The Labute approximate surface area is 278 Å². The van der Waals surface area contributed by atoms with E-state index in [1.54, 1.807) is 11.3 Å². The lowest BCUT2D eigenvalue weighted by Crippen LogP contribution is -2.00. The highest BCUT2D eigenvalue weighted by Crippen LogP contribution is 2.41. The normalized spacial score (nSPS) is 11.8. The van der Waals surface area contributed by atoms with Gasteiger partial charge >= 0.3 is 0 Å². The zero-order chi connectivity index (χ0) is 31.6. The topological polar surface area (TPSA) is 64.7 Å². The first-order chi connectivity index (χ1) is 23.8. The Morgan fingerprint density at radius 1 is 0.438 bits per heavy atom. The molecule has 6 aromatic carbocycles. The molecule has 0 aliphatic heterocycles. The van der Waals surface area contributed by atoms with Gasteiger partial charge in [0.1, 0.15) is 11.1 Å². The summed E-state index contributed by atoms with van der Waals surface area (Å²) in [4.78, 5) is 20.5. The van der Waals surface area contributed by atoms with Crippen LogP contribution in [0.25, 0.3) is 98.4 Å². The van der Waals surface area contributed by atoms with E-state index in [9.17, 15) is 0 Å². The Morgan fingerprint density at radius 2 is 1.06 bits per heavy atom. The van der Waals surface area contributed by atoms with Gasteiger partial charge in [0.15, 0.2) is 23.1 Å². The fourth-order valence-electron chi connectivity index (χ4n) is 6.71. The average molecular weight is 633 g/mol. The molecular weight excluding hydrogens is 609 g/mol. The van der Waals surface area contributed by atoms with Crippen LogP contribution in [0.5, 0.6) is 0 Å². The minimum atomic E-state index is 0.608. The van der Waals surface area contributed by atoms with E-state index >= 15 is 0 Å². The molecule has 4 heterocycles. The maximum atomic E-state index is 6.32. The van der Waals surface area contributed by atoms with E-state index < -0.39 is 0 Å². The van der Waals surface area contributed by atoms with Crippen LogP contribution in [0.4, 0.5) is 0 Å². The van der Waals surface area contributed by atoms with Gasteiger partial charge < -0.3 is 4.42 Å². The molecule has 10 aromatic rings. The minimum absolute atomic E-state index is 0.608. The highest BCUT2D eigenvalue weighted by Gasteiger charge is 2.19. The molecule has 4 aromatic heterocycles. The predicted molar refractivity (Wildman–Crippen MR) is 197 cm³/mol. The Balaban J connectivity index is 1.20. The van der Waals surface area contributed by atoms with Gasteiger partial charge in [-0.25, -0.2) is 19.9 Å². The van der Waals surface area contributed by atoms with Crippen molar-refractivity contribution in [2.75, 3.05) is 0 Å². The third kappa shape index (κ3) is 4.24. The highest BCUT2D eigenvalue weighted by molar-refractivity contribution is 7.25. The number of pyridine rings is 1. The van der Waals surface area contributed by atoms with E-state index in [0.29, 0.717) is 17.5 Å². The number of hydrogen-bond donors (Lipinski definition) is 0. The molecule has 0 unspecified atom stereocenters. The largest absolute Gasteiger partial charge is 0.454 e. The van der Waals surface area contributed by atoms with E-state index in [1.165, 1.54) is 20.2 Å². The molecule has 0 aliphatic rings. The number of fused-ring (bicyclic) bond motifs is 8. The number of rotatable bonds is 4. The van der Waals surface area contributed by atoms with Crippen LogP contribution in [0.15, 0.2) is 150 Å². The van der Waals surface area contributed by atoms with Gasteiger partial charge in [0.05, 0.1) is 5.69 Å². The summed E-state index contributed by atoms with van der Waals surface area (Å²) in [6.45, 7) is 0. The van der Waals surface area contributed by atoms with Crippen LogP contribution in [-0.4, -0.2) is 19.9 Å². The Kier molecular flexibility index (Phi) is 5.98. The monoisotopic (exact) mass is 632 g/mol. The van der Waals surface area contributed by atoms with E-state index in [4.69, 9.17) is 24.4 Å². The number of thiophene rings is 1. The number of furan rings is 1. The molecule has 48 heavy (non-hydrogen) atoms. The van der Waals surface area contributed by atoms with Crippen molar-refractivity contribution >= 4 is 64.4 Å². The summed E-state index contributed by atoms with van der Waals surface area (Å²) in [5, 5.41) is 5.43. The summed E-state index contributed by atoms with van der Waals surface area (Å²) in [5.74, 6) is 1.89. The predicted octanol–water partition coefficient (Wildman–Crippen LogP) is 11.4. The van der Waals surface area contributed by atoms with Gasteiger partial charge in [-0.15, -0.1) is 11.3 Å². The first-order valence-electron chi connectivity index (χ1n) is 15.8. The average Bonchev–Trinajstić information content (AvgIpc) is 3.73. The zero-order valence-corrected chi connectivity index (χ0v) is 26.3. The lowest BCUT2D eigenvalue weighted by molar-refractivity contribution is 0.672. The molecule has 5 nitrogen and oxygen atoms in total. The van der Waals surface area contributed by atoms with E-state index in [1.807, 2.05) is 60.7 Å². The van der Waals surface area contributed by atoms with Crippen molar-refractivity contribution in [2.24, 2.45) is 0 Å². The second kappa shape index (κ2) is 10.7. The quantitative estimate of drug-likeness (QED) is 0.193. The third-order valence-electron chi connectivity index (χ3n) is 8.92. The van der Waals surface area contributed by atoms with Crippen LogP contribution in [-0.2, 0) is 0 Å². The van der Waals surface area contributed by atoms with Crippen LogP contribution in [0.1, 0.15) is 0 Å². The SMILES string of the molecule is c1ccc(-c2nc(-c3cccc(-c4nc5c6ccccc6oc5c5ccccc45)c3)nc(-c3cccc4sc5ccccc5c34)n2)cc1. The van der Waals surface area contributed by atoms with Gasteiger partial charge in [-0.2, -0.15) is 0 Å². The van der Waals surface area contributed by atoms with Crippen molar-refractivity contribution in [3.8, 4) is 45.4 Å². The second-order valence-corrected chi connectivity index (χ2v) is 12.9.